The van der Waals surface area contributed by atoms with Gasteiger partial charge in [0.1, 0.15) is 13.2 Å². The lowest BCUT2D eigenvalue weighted by Crippen LogP contribution is -2.43. The maximum atomic E-state index is 12.4. The third-order valence-electron chi connectivity index (χ3n) is 6.29. The number of piperidine rings is 1. The number of nitrogens with one attached hydrogen (secondary N) is 1. The molecule has 0 spiro atoms. The summed E-state index contributed by atoms with van der Waals surface area (Å²) in [6, 6.07) is 8.49. The van der Waals surface area contributed by atoms with Crippen molar-refractivity contribution in [3.05, 3.63) is 58.3 Å². The molecular formula is C24H29N5O3. The Hall–Kier alpha value is -2.97. The fourth-order valence-corrected chi connectivity index (χ4v) is 4.44. The molecule has 0 bridgehead atoms. The Labute approximate surface area is 187 Å². The molecule has 2 aromatic heterocycles. The molecule has 168 valence electrons. The van der Waals surface area contributed by atoms with Crippen LogP contribution in [0.1, 0.15) is 24.1 Å². The Balaban J connectivity index is 1.13. The summed E-state index contributed by atoms with van der Waals surface area (Å²) >= 11 is 0. The van der Waals surface area contributed by atoms with E-state index in [9.17, 15) is 4.79 Å². The van der Waals surface area contributed by atoms with Gasteiger partial charge in [-0.15, -0.1) is 0 Å². The molecule has 4 heterocycles. The minimum absolute atomic E-state index is 0.0356. The quantitative estimate of drug-likeness (QED) is 0.635. The van der Waals surface area contributed by atoms with Gasteiger partial charge < -0.3 is 24.3 Å². The Morgan fingerprint density at radius 3 is 2.69 bits per heavy atom. The zero-order valence-electron chi connectivity index (χ0n) is 18.4. The van der Waals surface area contributed by atoms with Crippen molar-refractivity contribution in [1.82, 2.24) is 24.8 Å². The van der Waals surface area contributed by atoms with Crippen molar-refractivity contribution >= 4 is 11.0 Å². The Kier molecular flexibility index (Phi) is 6.05. The fourth-order valence-electron chi connectivity index (χ4n) is 4.44. The highest BCUT2D eigenvalue weighted by molar-refractivity contribution is 5.75. The van der Waals surface area contributed by atoms with Crippen LogP contribution in [-0.2, 0) is 13.1 Å². The van der Waals surface area contributed by atoms with E-state index in [0.29, 0.717) is 25.8 Å². The van der Waals surface area contributed by atoms with Crippen LogP contribution < -0.4 is 20.3 Å². The summed E-state index contributed by atoms with van der Waals surface area (Å²) in [5, 5.41) is 3.63. The van der Waals surface area contributed by atoms with Gasteiger partial charge >= 0.3 is 0 Å². The van der Waals surface area contributed by atoms with Crippen molar-refractivity contribution in [2.45, 2.75) is 38.9 Å². The van der Waals surface area contributed by atoms with E-state index in [-0.39, 0.29) is 5.56 Å². The first kappa shape index (κ1) is 20.9. The van der Waals surface area contributed by atoms with Gasteiger partial charge in [0.2, 0.25) is 0 Å². The van der Waals surface area contributed by atoms with Gasteiger partial charge in [0.25, 0.3) is 5.56 Å². The molecule has 0 unspecified atom stereocenters. The number of hydrogen-bond acceptors (Lipinski definition) is 7. The maximum absolute atomic E-state index is 12.4. The lowest BCUT2D eigenvalue weighted by Gasteiger charge is -2.32. The van der Waals surface area contributed by atoms with E-state index in [1.165, 1.54) is 6.20 Å². The average Bonchev–Trinajstić information content (AvgIpc) is 2.82. The smallest absolute Gasteiger partial charge is 0.269 e. The molecule has 2 aliphatic heterocycles. The third kappa shape index (κ3) is 4.61. The number of ether oxygens (including phenoxy) is 2. The van der Waals surface area contributed by atoms with Crippen LogP contribution >= 0.6 is 0 Å². The molecule has 3 aromatic rings. The number of rotatable bonds is 6. The molecule has 0 atom stereocenters. The molecule has 2 aliphatic rings. The van der Waals surface area contributed by atoms with E-state index in [1.54, 1.807) is 6.20 Å². The van der Waals surface area contributed by atoms with Gasteiger partial charge in [-0.3, -0.25) is 9.78 Å². The largest absolute Gasteiger partial charge is 0.486 e. The number of pyridine rings is 1. The molecular weight excluding hydrogens is 406 g/mol. The summed E-state index contributed by atoms with van der Waals surface area (Å²) in [5.41, 5.74) is 3.85. The lowest BCUT2D eigenvalue weighted by atomic mass is 10.0. The first-order valence-electron chi connectivity index (χ1n) is 11.3. The lowest BCUT2D eigenvalue weighted by molar-refractivity contribution is 0.170. The number of benzene rings is 1. The molecule has 0 aliphatic carbocycles. The summed E-state index contributed by atoms with van der Waals surface area (Å²) in [7, 11) is 0. The first-order chi connectivity index (χ1) is 15.7. The SMILES string of the molecule is Cc1ccc2ncc(=O)n(CCN3CCC(NCc4cc5c(cn4)OCCO5)CC3)c2c1. The van der Waals surface area contributed by atoms with E-state index in [0.717, 1.165) is 72.8 Å². The molecule has 5 rings (SSSR count). The predicted octanol–water partition coefficient (Wildman–Crippen LogP) is 2.13. The predicted molar refractivity (Wildman–Crippen MR) is 122 cm³/mol. The van der Waals surface area contributed by atoms with Gasteiger partial charge in [-0.25, -0.2) is 4.98 Å². The Morgan fingerprint density at radius 2 is 1.84 bits per heavy atom. The van der Waals surface area contributed by atoms with Gasteiger partial charge in [-0.1, -0.05) is 6.07 Å². The number of aryl methyl sites for hydroxylation is 1. The summed E-state index contributed by atoms with van der Waals surface area (Å²) < 4.78 is 13.0. The summed E-state index contributed by atoms with van der Waals surface area (Å²) in [6.07, 6.45) is 5.34. The Morgan fingerprint density at radius 1 is 1.03 bits per heavy atom. The highest BCUT2D eigenvalue weighted by Gasteiger charge is 2.20. The molecule has 8 nitrogen and oxygen atoms in total. The van der Waals surface area contributed by atoms with Crippen LogP contribution in [0.3, 0.4) is 0 Å². The van der Waals surface area contributed by atoms with E-state index in [2.05, 4.69) is 20.2 Å². The van der Waals surface area contributed by atoms with Crippen LogP contribution in [0.25, 0.3) is 11.0 Å². The molecule has 1 saturated heterocycles. The molecule has 0 amide bonds. The first-order valence-corrected chi connectivity index (χ1v) is 11.3. The van der Waals surface area contributed by atoms with Crippen molar-refractivity contribution in [2.75, 3.05) is 32.8 Å². The van der Waals surface area contributed by atoms with Gasteiger partial charge in [0, 0.05) is 31.7 Å². The summed E-state index contributed by atoms with van der Waals surface area (Å²) in [4.78, 5) is 23.6. The zero-order chi connectivity index (χ0) is 21.9. The van der Waals surface area contributed by atoms with Crippen LogP contribution in [0.5, 0.6) is 11.5 Å². The van der Waals surface area contributed by atoms with Gasteiger partial charge in [0.05, 0.1) is 29.1 Å². The summed E-state index contributed by atoms with van der Waals surface area (Å²) in [6.45, 7) is 7.51. The minimum atomic E-state index is -0.0356. The standard InChI is InChI=1S/C24H29N5O3/c1-17-2-3-20-21(12-17)29(24(30)16-27-20)9-8-28-6-4-18(5-7-28)25-14-19-13-22-23(15-26-19)32-11-10-31-22/h2-3,12-13,15-16,18,25H,4-11,14H2,1H3. The van der Waals surface area contributed by atoms with Crippen molar-refractivity contribution < 1.29 is 9.47 Å². The van der Waals surface area contributed by atoms with Crippen LogP contribution in [0, 0.1) is 6.92 Å². The van der Waals surface area contributed by atoms with Crippen LogP contribution in [0.4, 0.5) is 0 Å². The van der Waals surface area contributed by atoms with Crippen molar-refractivity contribution in [1.29, 1.82) is 0 Å². The monoisotopic (exact) mass is 435 g/mol. The molecule has 8 heteroatoms. The number of fused-ring (bicyclic) bond motifs is 2. The average molecular weight is 436 g/mol. The zero-order valence-corrected chi connectivity index (χ0v) is 18.4. The Bertz CT molecular complexity index is 1150. The second-order valence-corrected chi connectivity index (χ2v) is 8.56. The minimum Gasteiger partial charge on any atom is -0.486 e. The van der Waals surface area contributed by atoms with E-state index in [4.69, 9.17) is 9.47 Å². The van der Waals surface area contributed by atoms with Crippen molar-refractivity contribution in [2.24, 2.45) is 0 Å². The molecule has 0 saturated carbocycles. The number of aromatic nitrogens is 3. The van der Waals surface area contributed by atoms with Crippen LogP contribution in [-0.4, -0.2) is 58.3 Å². The second kappa shape index (κ2) is 9.26. The number of likely N-dealkylation sites (tertiary alicyclic amines) is 1. The van der Waals surface area contributed by atoms with Crippen LogP contribution in [0.15, 0.2) is 41.5 Å². The normalized spacial score (nSPS) is 17.0. The van der Waals surface area contributed by atoms with Gasteiger partial charge in [-0.2, -0.15) is 0 Å². The van der Waals surface area contributed by atoms with Crippen molar-refractivity contribution in [3.8, 4) is 11.5 Å². The maximum Gasteiger partial charge on any atom is 0.269 e. The molecule has 0 radical (unpaired) electrons. The fraction of sp³-hybridized carbons (Fsp3) is 0.458. The van der Waals surface area contributed by atoms with E-state index < -0.39 is 0 Å². The highest BCUT2D eigenvalue weighted by atomic mass is 16.6. The van der Waals surface area contributed by atoms with Crippen LogP contribution in [0.2, 0.25) is 0 Å². The number of hydrogen-bond donors (Lipinski definition) is 1. The summed E-state index contributed by atoms with van der Waals surface area (Å²) in [5.74, 6) is 1.51. The molecule has 1 fully saturated rings. The topological polar surface area (TPSA) is 81.5 Å². The van der Waals surface area contributed by atoms with Gasteiger partial charge in [-0.05, 0) is 50.6 Å². The number of nitrogens with zero attached hydrogens (tertiary/aromatic N) is 4. The van der Waals surface area contributed by atoms with E-state index in [1.807, 2.05) is 35.8 Å². The van der Waals surface area contributed by atoms with Gasteiger partial charge in [0.15, 0.2) is 11.5 Å². The highest BCUT2D eigenvalue weighted by Crippen LogP contribution is 2.29. The molecule has 1 N–H and O–H groups in total. The molecule has 1 aromatic carbocycles. The third-order valence-corrected chi connectivity index (χ3v) is 6.29. The second-order valence-electron chi connectivity index (χ2n) is 8.56. The molecule has 32 heavy (non-hydrogen) atoms. The van der Waals surface area contributed by atoms with E-state index >= 15 is 0 Å². The van der Waals surface area contributed by atoms with Crippen molar-refractivity contribution in [3.63, 3.8) is 0 Å².